The molecule has 2 heterocycles. The van der Waals surface area contributed by atoms with Crippen LogP contribution in [0.1, 0.15) is 13.3 Å². The third kappa shape index (κ3) is 0.779. The Morgan fingerprint density at radius 3 is 2.70 bits per heavy atom. The van der Waals surface area contributed by atoms with Crippen molar-refractivity contribution >= 4 is 0 Å². The molecule has 3 heteroatoms. The average Bonchev–Trinajstić information content (AvgIpc) is 2.26. The molecule has 4 atom stereocenters. The summed E-state index contributed by atoms with van der Waals surface area (Å²) in [7, 11) is 1.67. The number of hydrogen-bond acceptors (Lipinski definition) is 3. The van der Waals surface area contributed by atoms with Crippen LogP contribution in [0.2, 0.25) is 0 Å². The van der Waals surface area contributed by atoms with Crippen LogP contribution in [0.15, 0.2) is 0 Å². The highest BCUT2D eigenvalue weighted by atomic mass is 16.7. The summed E-state index contributed by atoms with van der Waals surface area (Å²) in [6.07, 6.45) is 1.74. The zero-order valence-electron chi connectivity index (χ0n) is 6.24. The molecule has 2 aliphatic rings. The quantitative estimate of drug-likeness (QED) is 0.537. The van der Waals surface area contributed by atoms with Crippen LogP contribution in [0.3, 0.4) is 0 Å². The van der Waals surface area contributed by atoms with Gasteiger partial charge < -0.3 is 14.2 Å². The fraction of sp³-hybridized carbons (Fsp3) is 1.00. The van der Waals surface area contributed by atoms with E-state index in [9.17, 15) is 0 Å². The normalized spacial score (nSPS) is 52.2. The highest BCUT2D eigenvalue weighted by molar-refractivity contribution is 4.92. The lowest BCUT2D eigenvalue weighted by molar-refractivity contribution is -0.214. The van der Waals surface area contributed by atoms with Crippen LogP contribution in [0, 0.1) is 0 Å². The Morgan fingerprint density at radius 2 is 2.20 bits per heavy atom. The first kappa shape index (κ1) is 6.58. The van der Waals surface area contributed by atoms with Crippen molar-refractivity contribution in [3.05, 3.63) is 0 Å². The van der Waals surface area contributed by atoms with Gasteiger partial charge in [0.2, 0.25) is 0 Å². The fourth-order valence-electron chi connectivity index (χ4n) is 1.60. The third-order valence-corrected chi connectivity index (χ3v) is 2.22. The molecule has 0 aromatic heterocycles. The van der Waals surface area contributed by atoms with Crippen molar-refractivity contribution in [2.24, 2.45) is 0 Å². The fourth-order valence-corrected chi connectivity index (χ4v) is 1.60. The molecule has 2 rings (SSSR count). The van der Waals surface area contributed by atoms with Crippen molar-refractivity contribution in [2.45, 2.75) is 37.9 Å². The summed E-state index contributed by atoms with van der Waals surface area (Å²) < 4.78 is 15.9. The molecule has 0 aliphatic carbocycles. The molecule has 0 aromatic carbocycles. The van der Waals surface area contributed by atoms with Crippen LogP contribution in [0.4, 0.5) is 0 Å². The van der Waals surface area contributed by atoms with Gasteiger partial charge in [-0.1, -0.05) is 0 Å². The van der Waals surface area contributed by atoms with Gasteiger partial charge in [0.25, 0.3) is 0 Å². The lowest BCUT2D eigenvalue weighted by atomic mass is 10.0. The molecule has 0 amide bonds. The van der Waals surface area contributed by atoms with Gasteiger partial charge in [-0.05, 0) is 6.92 Å². The Kier molecular flexibility index (Phi) is 1.44. The van der Waals surface area contributed by atoms with E-state index in [2.05, 4.69) is 0 Å². The monoisotopic (exact) mass is 144 g/mol. The molecular weight excluding hydrogens is 132 g/mol. The summed E-state index contributed by atoms with van der Waals surface area (Å²) in [5.41, 5.74) is 0. The summed E-state index contributed by atoms with van der Waals surface area (Å²) >= 11 is 0. The van der Waals surface area contributed by atoms with E-state index in [4.69, 9.17) is 14.2 Å². The average molecular weight is 144 g/mol. The molecule has 0 bridgehead atoms. The Labute approximate surface area is 60.3 Å². The van der Waals surface area contributed by atoms with Gasteiger partial charge >= 0.3 is 0 Å². The van der Waals surface area contributed by atoms with Crippen LogP contribution < -0.4 is 0 Å². The van der Waals surface area contributed by atoms with Gasteiger partial charge in [-0.15, -0.1) is 0 Å². The van der Waals surface area contributed by atoms with Crippen molar-refractivity contribution in [3.63, 3.8) is 0 Å². The minimum atomic E-state index is -0.0278. The molecule has 0 spiro atoms. The topological polar surface area (TPSA) is 27.7 Å². The molecule has 2 fully saturated rings. The van der Waals surface area contributed by atoms with Gasteiger partial charge in [0.05, 0.1) is 12.2 Å². The number of methoxy groups -OCH3 is 1. The molecule has 58 valence electrons. The first-order valence-electron chi connectivity index (χ1n) is 3.65. The highest BCUT2D eigenvalue weighted by Crippen LogP contribution is 2.35. The molecule has 0 radical (unpaired) electrons. The maximum Gasteiger partial charge on any atom is 0.160 e. The van der Waals surface area contributed by atoms with E-state index in [1.54, 1.807) is 7.11 Å². The number of rotatable bonds is 1. The minimum Gasteiger partial charge on any atom is -0.369 e. The number of fused-ring (bicyclic) bond motifs is 1. The lowest BCUT2D eigenvalue weighted by Crippen LogP contribution is -2.48. The predicted molar refractivity (Wildman–Crippen MR) is 34.6 cm³/mol. The molecule has 2 saturated heterocycles. The number of ether oxygens (including phenoxy) is 3. The van der Waals surface area contributed by atoms with E-state index in [1.807, 2.05) is 6.92 Å². The summed E-state index contributed by atoms with van der Waals surface area (Å²) in [5, 5.41) is 0. The number of hydrogen-bond donors (Lipinski definition) is 0. The molecule has 2 aliphatic heterocycles. The SMILES string of the molecule is CO[C@H]1C[C@@H]2O[C@H](C)[C@@H]2O1. The summed E-state index contributed by atoms with van der Waals surface area (Å²) in [4.78, 5) is 0. The summed E-state index contributed by atoms with van der Waals surface area (Å²) in [5.74, 6) is 0. The molecular formula is C7H12O3. The van der Waals surface area contributed by atoms with Crippen LogP contribution in [-0.2, 0) is 14.2 Å². The van der Waals surface area contributed by atoms with Crippen LogP contribution in [0.5, 0.6) is 0 Å². The van der Waals surface area contributed by atoms with Gasteiger partial charge in [-0.3, -0.25) is 0 Å². The van der Waals surface area contributed by atoms with Crippen molar-refractivity contribution in [3.8, 4) is 0 Å². The van der Waals surface area contributed by atoms with E-state index < -0.39 is 0 Å². The molecule has 0 aromatic rings. The second kappa shape index (κ2) is 2.19. The first-order chi connectivity index (χ1) is 4.81. The van der Waals surface area contributed by atoms with Gasteiger partial charge in [-0.2, -0.15) is 0 Å². The van der Waals surface area contributed by atoms with Gasteiger partial charge in [0.15, 0.2) is 6.29 Å². The summed E-state index contributed by atoms with van der Waals surface area (Å²) in [6.45, 7) is 2.03. The Hall–Kier alpha value is -0.120. The van der Waals surface area contributed by atoms with Crippen molar-refractivity contribution in [2.75, 3.05) is 7.11 Å². The second-order valence-corrected chi connectivity index (χ2v) is 2.88. The molecule has 3 nitrogen and oxygen atoms in total. The maximum absolute atomic E-state index is 5.47. The van der Waals surface area contributed by atoms with Gasteiger partial charge in [-0.25, -0.2) is 0 Å². The van der Waals surface area contributed by atoms with Crippen molar-refractivity contribution in [1.29, 1.82) is 0 Å². The smallest absolute Gasteiger partial charge is 0.160 e. The lowest BCUT2D eigenvalue weighted by Gasteiger charge is -2.36. The predicted octanol–water partition coefficient (Wildman–Crippen LogP) is 0.535. The minimum absolute atomic E-state index is 0.0278. The second-order valence-electron chi connectivity index (χ2n) is 2.88. The van der Waals surface area contributed by atoms with Crippen LogP contribution in [-0.4, -0.2) is 31.7 Å². The Bertz CT molecular complexity index is 137. The van der Waals surface area contributed by atoms with E-state index in [1.165, 1.54) is 0 Å². The largest absolute Gasteiger partial charge is 0.369 e. The first-order valence-corrected chi connectivity index (χ1v) is 3.65. The maximum atomic E-state index is 5.47. The molecule has 10 heavy (non-hydrogen) atoms. The molecule has 0 unspecified atom stereocenters. The molecule has 0 N–H and O–H groups in total. The highest BCUT2D eigenvalue weighted by Gasteiger charge is 2.48. The van der Waals surface area contributed by atoms with Crippen molar-refractivity contribution < 1.29 is 14.2 Å². The Morgan fingerprint density at radius 1 is 1.40 bits per heavy atom. The standard InChI is InChI=1S/C7H12O3/c1-4-7-5(9-4)3-6(8-2)10-7/h4-7H,3H2,1-2H3/t4-,5+,6-,7+/m1/s1. The van der Waals surface area contributed by atoms with Crippen molar-refractivity contribution in [1.82, 2.24) is 0 Å². The van der Waals surface area contributed by atoms with E-state index >= 15 is 0 Å². The zero-order valence-corrected chi connectivity index (χ0v) is 6.24. The van der Waals surface area contributed by atoms with E-state index in [-0.39, 0.29) is 12.4 Å². The van der Waals surface area contributed by atoms with E-state index in [0.717, 1.165) is 6.42 Å². The summed E-state index contributed by atoms with van der Waals surface area (Å²) in [6, 6.07) is 0. The Balaban J connectivity index is 1.93. The van der Waals surface area contributed by atoms with Gasteiger partial charge in [0, 0.05) is 13.5 Å². The zero-order chi connectivity index (χ0) is 7.14. The van der Waals surface area contributed by atoms with Crippen LogP contribution in [0.25, 0.3) is 0 Å². The third-order valence-electron chi connectivity index (χ3n) is 2.22. The van der Waals surface area contributed by atoms with E-state index in [0.29, 0.717) is 12.2 Å². The van der Waals surface area contributed by atoms with Gasteiger partial charge in [0.1, 0.15) is 6.10 Å². The molecule has 0 saturated carbocycles. The van der Waals surface area contributed by atoms with Crippen LogP contribution >= 0.6 is 0 Å².